The lowest BCUT2D eigenvalue weighted by atomic mass is 10.1. The summed E-state index contributed by atoms with van der Waals surface area (Å²) < 4.78 is 9.98. The van der Waals surface area contributed by atoms with Gasteiger partial charge in [0.25, 0.3) is 0 Å². The molecule has 1 fully saturated rings. The van der Waals surface area contributed by atoms with E-state index in [4.69, 9.17) is 9.15 Å². The number of hydrogen-bond donors (Lipinski definition) is 0. The number of hydrogen-bond acceptors (Lipinski definition) is 4. The van der Waals surface area contributed by atoms with Crippen LogP contribution in [0.3, 0.4) is 0 Å². The molecule has 1 aromatic heterocycles. The maximum Gasteiger partial charge on any atom is 0.310 e. The molecule has 1 aromatic carbocycles. The van der Waals surface area contributed by atoms with E-state index in [1.165, 1.54) is 7.11 Å². The van der Waals surface area contributed by atoms with Gasteiger partial charge in [-0.05, 0) is 23.8 Å². The minimum Gasteiger partial charge on any atom is -0.469 e. The van der Waals surface area contributed by atoms with Crippen LogP contribution in [0.1, 0.15) is 12.0 Å². The van der Waals surface area contributed by atoms with Crippen molar-refractivity contribution in [1.82, 2.24) is 4.90 Å². The highest BCUT2D eigenvalue weighted by Gasteiger charge is 2.34. The van der Waals surface area contributed by atoms with Gasteiger partial charge in [0.1, 0.15) is 5.58 Å². The van der Waals surface area contributed by atoms with Gasteiger partial charge in [-0.2, -0.15) is 0 Å². The number of amides is 1. The van der Waals surface area contributed by atoms with Crippen LogP contribution in [0.5, 0.6) is 0 Å². The normalized spacial score (nSPS) is 18.8. The second-order valence-corrected chi connectivity index (χ2v) is 4.99. The number of furan rings is 1. The molecule has 0 saturated carbocycles. The molecule has 2 aromatic rings. The lowest BCUT2D eigenvalue weighted by Crippen LogP contribution is -2.26. The van der Waals surface area contributed by atoms with E-state index >= 15 is 0 Å². The molecule has 0 N–H and O–H groups in total. The highest BCUT2D eigenvalue weighted by molar-refractivity contribution is 5.87. The third-order valence-corrected chi connectivity index (χ3v) is 3.64. The first-order chi connectivity index (χ1) is 9.67. The largest absolute Gasteiger partial charge is 0.469 e. The van der Waals surface area contributed by atoms with Crippen LogP contribution < -0.4 is 0 Å². The van der Waals surface area contributed by atoms with Crippen molar-refractivity contribution in [3.63, 3.8) is 0 Å². The Bertz CT molecular complexity index is 661. The number of esters is 1. The first-order valence-electron chi connectivity index (χ1n) is 6.49. The minimum atomic E-state index is -0.342. The molecule has 1 unspecified atom stereocenters. The Morgan fingerprint density at radius 1 is 1.45 bits per heavy atom. The van der Waals surface area contributed by atoms with Crippen LogP contribution in [0.2, 0.25) is 0 Å². The first kappa shape index (κ1) is 12.7. The molecule has 0 aliphatic carbocycles. The molecule has 0 bridgehead atoms. The predicted molar refractivity (Wildman–Crippen MR) is 71.8 cm³/mol. The Morgan fingerprint density at radius 3 is 3.10 bits per heavy atom. The molecule has 0 spiro atoms. The number of methoxy groups -OCH3 is 1. The van der Waals surface area contributed by atoms with Gasteiger partial charge in [0.2, 0.25) is 5.91 Å². The SMILES string of the molecule is COC(=O)C1CC(=O)N(Cc2ccc3occc3c2)C1. The first-order valence-corrected chi connectivity index (χ1v) is 6.49. The van der Waals surface area contributed by atoms with Gasteiger partial charge >= 0.3 is 5.97 Å². The Labute approximate surface area is 116 Å². The highest BCUT2D eigenvalue weighted by atomic mass is 16.5. The molecular weight excluding hydrogens is 258 g/mol. The molecule has 1 atom stereocenters. The summed E-state index contributed by atoms with van der Waals surface area (Å²) in [5.41, 5.74) is 1.85. The number of carbonyl (C=O) groups excluding carboxylic acids is 2. The Hall–Kier alpha value is -2.30. The van der Waals surface area contributed by atoms with Gasteiger partial charge < -0.3 is 14.1 Å². The molecule has 1 amide bonds. The summed E-state index contributed by atoms with van der Waals surface area (Å²) >= 11 is 0. The van der Waals surface area contributed by atoms with E-state index in [-0.39, 0.29) is 24.2 Å². The molecule has 20 heavy (non-hydrogen) atoms. The Balaban J connectivity index is 1.74. The van der Waals surface area contributed by atoms with Crippen molar-refractivity contribution in [2.75, 3.05) is 13.7 Å². The fourth-order valence-electron chi connectivity index (χ4n) is 2.58. The third-order valence-electron chi connectivity index (χ3n) is 3.64. The van der Waals surface area contributed by atoms with Gasteiger partial charge in [-0.3, -0.25) is 9.59 Å². The van der Waals surface area contributed by atoms with Crippen molar-refractivity contribution < 1.29 is 18.7 Å². The van der Waals surface area contributed by atoms with E-state index in [2.05, 4.69) is 0 Å². The van der Waals surface area contributed by atoms with Crippen LogP contribution in [0, 0.1) is 5.92 Å². The van der Waals surface area contributed by atoms with Crippen molar-refractivity contribution in [2.24, 2.45) is 5.92 Å². The molecule has 1 aliphatic rings. The van der Waals surface area contributed by atoms with Gasteiger partial charge in [-0.25, -0.2) is 0 Å². The predicted octanol–water partition coefficient (Wildman–Crippen LogP) is 1.95. The van der Waals surface area contributed by atoms with E-state index in [9.17, 15) is 9.59 Å². The van der Waals surface area contributed by atoms with E-state index < -0.39 is 0 Å². The van der Waals surface area contributed by atoms with E-state index in [0.717, 1.165) is 16.5 Å². The van der Waals surface area contributed by atoms with E-state index in [0.29, 0.717) is 13.1 Å². The van der Waals surface area contributed by atoms with Crippen molar-refractivity contribution >= 4 is 22.8 Å². The van der Waals surface area contributed by atoms with Gasteiger partial charge in [0.15, 0.2) is 0 Å². The second kappa shape index (κ2) is 5.00. The number of carbonyl (C=O) groups is 2. The fourth-order valence-corrected chi connectivity index (χ4v) is 2.58. The monoisotopic (exact) mass is 273 g/mol. The summed E-state index contributed by atoms with van der Waals surface area (Å²) in [6.45, 7) is 0.933. The maximum absolute atomic E-state index is 11.9. The fraction of sp³-hybridized carbons (Fsp3) is 0.333. The molecule has 1 aliphatic heterocycles. The summed E-state index contributed by atoms with van der Waals surface area (Å²) in [6, 6.07) is 7.72. The van der Waals surface area contributed by atoms with Crippen LogP contribution in [-0.2, 0) is 20.9 Å². The molecule has 104 valence electrons. The standard InChI is InChI=1S/C15H15NO4/c1-19-15(18)12-7-14(17)16(9-12)8-10-2-3-13-11(6-10)4-5-20-13/h2-6,12H,7-9H2,1H3. The average molecular weight is 273 g/mol. The number of rotatable bonds is 3. The average Bonchev–Trinajstić information content (AvgIpc) is 3.05. The highest BCUT2D eigenvalue weighted by Crippen LogP contribution is 2.23. The maximum atomic E-state index is 11.9. The van der Waals surface area contributed by atoms with Crippen molar-refractivity contribution in [2.45, 2.75) is 13.0 Å². The minimum absolute atomic E-state index is 0.00677. The zero-order valence-corrected chi connectivity index (χ0v) is 11.2. The van der Waals surface area contributed by atoms with Gasteiger partial charge in [-0.1, -0.05) is 6.07 Å². The number of benzene rings is 1. The van der Waals surface area contributed by atoms with Crippen molar-refractivity contribution in [1.29, 1.82) is 0 Å². The molecule has 5 nitrogen and oxygen atoms in total. The molecule has 3 rings (SSSR count). The quantitative estimate of drug-likeness (QED) is 0.802. The van der Waals surface area contributed by atoms with Gasteiger partial charge in [-0.15, -0.1) is 0 Å². The molecular formula is C15H15NO4. The zero-order valence-electron chi connectivity index (χ0n) is 11.2. The van der Waals surface area contributed by atoms with Crippen molar-refractivity contribution in [3.8, 4) is 0 Å². The third kappa shape index (κ3) is 2.27. The van der Waals surface area contributed by atoms with Gasteiger partial charge in [0.05, 0.1) is 19.3 Å². The lowest BCUT2D eigenvalue weighted by Gasteiger charge is -2.16. The Kier molecular flexibility index (Phi) is 3.18. The number of likely N-dealkylation sites (tertiary alicyclic amines) is 1. The lowest BCUT2D eigenvalue weighted by molar-refractivity contribution is -0.145. The molecule has 0 radical (unpaired) electrons. The Morgan fingerprint density at radius 2 is 2.30 bits per heavy atom. The van der Waals surface area contributed by atoms with Crippen LogP contribution in [0.15, 0.2) is 34.9 Å². The van der Waals surface area contributed by atoms with Crippen LogP contribution in [0.25, 0.3) is 11.0 Å². The smallest absolute Gasteiger partial charge is 0.310 e. The summed E-state index contributed by atoms with van der Waals surface area (Å²) in [6.07, 6.45) is 1.88. The summed E-state index contributed by atoms with van der Waals surface area (Å²) in [5.74, 6) is -0.663. The van der Waals surface area contributed by atoms with Crippen LogP contribution >= 0.6 is 0 Å². The van der Waals surface area contributed by atoms with E-state index in [1.807, 2.05) is 24.3 Å². The number of fused-ring (bicyclic) bond motifs is 1. The summed E-state index contributed by atoms with van der Waals surface area (Å²) in [4.78, 5) is 25.1. The van der Waals surface area contributed by atoms with E-state index in [1.54, 1.807) is 11.2 Å². The molecule has 2 heterocycles. The second-order valence-electron chi connectivity index (χ2n) is 4.99. The van der Waals surface area contributed by atoms with Gasteiger partial charge in [0, 0.05) is 24.9 Å². The summed E-state index contributed by atoms with van der Waals surface area (Å²) in [5, 5.41) is 1.01. The molecule has 1 saturated heterocycles. The number of ether oxygens (including phenoxy) is 1. The van der Waals surface area contributed by atoms with Crippen molar-refractivity contribution in [3.05, 3.63) is 36.1 Å². The number of nitrogens with zero attached hydrogens (tertiary/aromatic N) is 1. The van der Waals surface area contributed by atoms with Crippen LogP contribution in [-0.4, -0.2) is 30.4 Å². The molecule has 5 heteroatoms. The van der Waals surface area contributed by atoms with Crippen LogP contribution in [0.4, 0.5) is 0 Å². The zero-order chi connectivity index (χ0) is 14.1. The summed E-state index contributed by atoms with van der Waals surface area (Å²) in [7, 11) is 1.35. The topological polar surface area (TPSA) is 59.8 Å².